The van der Waals surface area contributed by atoms with Crippen LogP contribution in [0.1, 0.15) is 45.7 Å². The second kappa shape index (κ2) is 7.40. The zero-order chi connectivity index (χ0) is 21.6. The third-order valence-electron chi connectivity index (χ3n) is 3.87. The molecule has 2 aromatic rings. The average molecular weight is 443 g/mol. The molecule has 0 saturated heterocycles. The number of hydrogen-bond acceptors (Lipinski definition) is 2. The smallest absolute Gasteiger partial charge is 0.294 e. The first-order valence-corrected chi connectivity index (χ1v) is 8.25. The summed E-state index contributed by atoms with van der Waals surface area (Å²) in [7, 11) is 0. The maximum atomic E-state index is 13.7. The Morgan fingerprint density at radius 2 is 0.964 bits per heavy atom. The van der Waals surface area contributed by atoms with Crippen molar-refractivity contribution in [2.24, 2.45) is 0 Å². The minimum Gasteiger partial charge on any atom is -0.294 e. The summed E-state index contributed by atoms with van der Waals surface area (Å²) in [5.41, 5.74) is -7.02. The van der Waals surface area contributed by atoms with Gasteiger partial charge in [-0.3, -0.25) is 9.59 Å². The fourth-order valence-corrected chi connectivity index (χ4v) is 3.46. The number of Topliss-reactive ketones (excluding diaryl/α,β-unsaturated/α-hetero) is 2. The Morgan fingerprint density at radius 1 is 0.679 bits per heavy atom. The van der Waals surface area contributed by atoms with Crippen LogP contribution in [-0.4, -0.2) is 11.6 Å². The van der Waals surface area contributed by atoms with Crippen molar-refractivity contribution in [1.82, 2.24) is 0 Å². The number of hydrogen-bond donors (Lipinski definition) is 0. The third-order valence-corrected chi connectivity index (χ3v) is 4.50. The molecule has 28 heavy (non-hydrogen) atoms. The molecule has 0 heterocycles. The van der Waals surface area contributed by atoms with Crippen LogP contribution in [-0.2, 0) is 12.4 Å². The number of alkyl halides is 6. The molecule has 0 aliphatic carbocycles. The second-order valence-electron chi connectivity index (χ2n) is 5.80. The maximum Gasteiger partial charge on any atom is 0.417 e. The molecule has 0 unspecified atom stereocenters. The van der Waals surface area contributed by atoms with Crippen molar-refractivity contribution in [3.8, 4) is 11.1 Å². The zero-order valence-corrected chi connectivity index (χ0v) is 15.7. The molecule has 2 rings (SSSR count). The number of carbonyl (C=O) groups excluding carboxylic acids is 2. The molecule has 0 spiro atoms. The third kappa shape index (κ3) is 4.03. The molecule has 2 nitrogen and oxygen atoms in total. The molecular formula is C18H10Cl2F6O2. The molecule has 0 atom stereocenters. The number of benzene rings is 2. The molecule has 0 saturated carbocycles. The Balaban J connectivity index is 3.10. The van der Waals surface area contributed by atoms with Gasteiger partial charge in [0.05, 0.1) is 21.2 Å². The Kier molecular flexibility index (Phi) is 5.88. The highest BCUT2D eigenvalue weighted by molar-refractivity contribution is 6.35. The van der Waals surface area contributed by atoms with Gasteiger partial charge < -0.3 is 0 Å². The lowest BCUT2D eigenvalue weighted by Gasteiger charge is -2.22. The largest absolute Gasteiger partial charge is 0.417 e. The van der Waals surface area contributed by atoms with Gasteiger partial charge in [-0.2, -0.15) is 26.3 Å². The summed E-state index contributed by atoms with van der Waals surface area (Å²) in [5, 5.41) is -1.12. The summed E-state index contributed by atoms with van der Waals surface area (Å²) >= 11 is 11.4. The van der Waals surface area contributed by atoms with E-state index in [4.69, 9.17) is 23.2 Å². The topological polar surface area (TPSA) is 34.1 Å². The first-order chi connectivity index (χ1) is 12.7. The van der Waals surface area contributed by atoms with Crippen molar-refractivity contribution in [3.63, 3.8) is 0 Å². The highest BCUT2D eigenvalue weighted by atomic mass is 35.5. The first-order valence-electron chi connectivity index (χ1n) is 7.49. The van der Waals surface area contributed by atoms with Crippen LogP contribution in [0.3, 0.4) is 0 Å². The lowest BCUT2D eigenvalue weighted by molar-refractivity contribution is -0.139. The summed E-state index contributed by atoms with van der Waals surface area (Å²) in [6, 6.07) is 3.23. The lowest BCUT2D eigenvalue weighted by atomic mass is 9.88. The highest BCUT2D eigenvalue weighted by Crippen LogP contribution is 2.47. The molecule has 0 aliphatic rings. The average Bonchev–Trinajstić information content (AvgIpc) is 2.52. The van der Waals surface area contributed by atoms with Gasteiger partial charge in [-0.25, -0.2) is 0 Å². The summed E-state index contributed by atoms with van der Waals surface area (Å²) in [5.74, 6) is -2.15. The Bertz CT molecular complexity index is 898. The van der Waals surface area contributed by atoms with E-state index in [9.17, 15) is 35.9 Å². The van der Waals surface area contributed by atoms with Gasteiger partial charge in [0.2, 0.25) is 0 Å². The predicted molar refractivity (Wildman–Crippen MR) is 91.9 cm³/mol. The molecule has 2 aromatic carbocycles. The van der Waals surface area contributed by atoms with Crippen LogP contribution in [0.5, 0.6) is 0 Å². The molecule has 0 bridgehead atoms. The van der Waals surface area contributed by atoms with E-state index in [1.54, 1.807) is 0 Å². The van der Waals surface area contributed by atoms with Crippen LogP contribution in [0.15, 0.2) is 24.3 Å². The quantitative estimate of drug-likeness (QED) is 0.375. The maximum absolute atomic E-state index is 13.7. The van der Waals surface area contributed by atoms with Crippen molar-refractivity contribution in [1.29, 1.82) is 0 Å². The van der Waals surface area contributed by atoms with Gasteiger partial charge in [-0.1, -0.05) is 35.3 Å². The summed E-state index contributed by atoms with van der Waals surface area (Å²) in [6.07, 6.45) is -10.4. The van der Waals surface area contributed by atoms with E-state index < -0.39 is 67.3 Å². The predicted octanol–water partition coefficient (Wildman–Crippen LogP) is 7.10. The minimum absolute atomic E-state index is 0.558. The Morgan fingerprint density at radius 3 is 1.18 bits per heavy atom. The summed E-state index contributed by atoms with van der Waals surface area (Å²) in [6.45, 7) is 1.63. The van der Waals surface area contributed by atoms with E-state index in [0.29, 0.717) is 0 Å². The molecule has 0 amide bonds. The minimum atomic E-state index is -5.19. The van der Waals surface area contributed by atoms with E-state index in [1.165, 1.54) is 0 Å². The van der Waals surface area contributed by atoms with Gasteiger partial charge >= 0.3 is 12.4 Å². The first kappa shape index (κ1) is 22.2. The summed E-state index contributed by atoms with van der Waals surface area (Å²) < 4.78 is 82.3. The Hall–Kier alpha value is -2.06. The van der Waals surface area contributed by atoms with Gasteiger partial charge in [0.25, 0.3) is 0 Å². The van der Waals surface area contributed by atoms with Gasteiger partial charge in [-0.15, -0.1) is 0 Å². The molecule has 0 aromatic heterocycles. The van der Waals surface area contributed by atoms with Crippen LogP contribution >= 0.6 is 23.2 Å². The summed E-state index contributed by atoms with van der Waals surface area (Å²) in [4.78, 5) is 23.5. The van der Waals surface area contributed by atoms with Crippen molar-refractivity contribution >= 4 is 34.8 Å². The van der Waals surface area contributed by atoms with Crippen molar-refractivity contribution < 1.29 is 35.9 Å². The van der Waals surface area contributed by atoms with E-state index in [-0.39, 0.29) is 0 Å². The number of halogens is 8. The van der Waals surface area contributed by atoms with Gasteiger partial charge in [0.1, 0.15) is 0 Å². The van der Waals surface area contributed by atoms with E-state index in [2.05, 4.69) is 0 Å². The van der Waals surface area contributed by atoms with Gasteiger partial charge in [0, 0.05) is 11.1 Å². The van der Waals surface area contributed by atoms with Crippen molar-refractivity contribution in [3.05, 3.63) is 56.6 Å². The second-order valence-corrected chi connectivity index (χ2v) is 6.61. The molecule has 10 heteroatoms. The molecule has 0 aliphatic heterocycles. The van der Waals surface area contributed by atoms with Crippen LogP contribution < -0.4 is 0 Å². The van der Waals surface area contributed by atoms with E-state index in [0.717, 1.165) is 38.1 Å². The van der Waals surface area contributed by atoms with Crippen molar-refractivity contribution in [2.75, 3.05) is 0 Å². The fourth-order valence-electron chi connectivity index (χ4n) is 2.88. The molecular weight excluding hydrogens is 433 g/mol. The normalized spacial score (nSPS) is 12.2. The van der Waals surface area contributed by atoms with Gasteiger partial charge in [-0.05, 0) is 37.1 Å². The number of rotatable bonds is 3. The standard InChI is InChI=1S/C18H10Cl2F6O2/c1-7(27)13-11(19)5-3-9(15(13)17(21,22)23)10-4-6-12(20)14(8(2)28)16(10)18(24,25)26/h3-6H,1-2H3. The Labute approximate surface area is 165 Å². The molecule has 0 N–H and O–H groups in total. The van der Waals surface area contributed by atoms with E-state index >= 15 is 0 Å². The van der Waals surface area contributed by atoms with Crippen LogP contribution in [0, 0.1) is 0 Å². The van der Waals surface area contributed by atoms with Crippen LogP contribution in [0.2, 0.25) is 10.0 Å². The zero-order valence-electron chi connectivity index (χ0n) is 14.1. The molecule has 150 valence electrons. The fraction of sp³-hybridized carbons (Fsp3) is 0.222. The lowest BCUT2D eigenvalue weighted by Crippen LogP contribution is -2.18. The highest BCUT2D eigenvalue weighted by Gasteiger charge is 2.43. The van der Waals surface area contributed by atoms with E-state index in [1.807, 2.05) is 0 Å². The van der Waals surface area contributed by atoms with Crippen molar-refractivity contribution in [2.45, 2.75) is 26.2 Å². The van der Waals surface area contributed by atoms with Crippen LogP contribution in [0.4, 0.5) is 26.3 Å². The number of ketones is 2. The van der Waals surface area contributed by atoms with Gasteiger partial charge in [0.15, 0.2) is 11.6 Å². The van der Waals surface area contributed by atoms with Crippen LogP contribution in [0.25, 0.3) is 11.1 Å². The SMILES string of the molecule is CC(=O)c1c(Cl)ccc(-c2ccc(Cl)c(C(C)=O)c2C(F)(F)F)c1C(F)(F)F. The molecule has 0 fully saturated rings. The number of carbonyl (C=O) groups is 2. The monoisotopic (exact) mass is 442 g/mol. The molecule has 0 radical (unpaired) electrons.